The standard InChI is InChI=1S/C10H8O3S.Rb.H/c11-14(12,13)10-7-3-5-8-4-1-2-6-9(8)10;;/h1-7H,(H,11,12,13);;. The van der Waals surface area contributed by atoms with Gasteiger partial charge in [0.05, 0.1) is 0 Å². The van der Waals surface area contributed by atoms with Gasteiger partial charge in [0, 0.05) is 5.39 Å². The zero-order valence-electron chi connectivity index (χ0n) is 7.21. The molecule has 2 aromatic rings. The van der Waals surface area contributed by atoms with E-state index in [0.29, 0.717) is 5.39 Å². The maximum atomic E-state index is 11.0. The van der Waals surface area contributed by atoms with Crippen LogP contribution in [0.5, 0.6) is 0 Å². The van der Waals surface area contributed by atoms with Crippen molar-refractivity contribution in [3.05, 3.63) is 42.5 Å². The molecule has 0 unspecified atom stereocenters. The Morgan fingerprint density at radius 3 is 2.20 bits per heavy atom. The molecule has 0 aliphatic heterocycles. The molecule has 0 heterocycles. The first-order valence-electron chi connectivity index (χ1n) is 4.04. The predicted octanol–water partition coefficient (Wildman–Crippen LogP) is 1.44. The van der Waals surface area contributed by atoms with Gasteiger partial charge in [-0.25, -0.2) is 0 Å². The second-order valence-corrected chi connectivity index (χ2v) is 4.34. The summed E-state index contributed by atoms with van der Waals surface area (Å²) >= 11 is 0. The van der Waals surface area contributed by atoms with E-state index in [9.17, 15) is 8.42 Å². The van der Waals surface area contributed by atoms with E-state index >= 15 is 0 Å². The Labute approximate surface area is 137 Å². The van der Waals surface area contributed by atoms with Crippen molar-refractivity contribution >= 4 is 79.1 Å². The summed E-state index contributed by atoms with van der Waals surface area (Å²) in [6.07, 6.45) is 0. The average molecular weight is 295 g/mol. The van der Waals surface area contributed by atoms with Crippen LogP contribution in [0.15, 0.2) is 47.4 Å². The van der Waals surface area contributed by atoms with Crippen molar-refractivity contribution < 1.29 is 13.0 Å². The van der Waals surface area contributed by atoms with Crippen LogP contribution in [0.1, 0.15) is 0 Å². The van der Waals surface area contributed by atoms with Crippen molar-refractivity contribution in [3.8, 4) is 0 Å². The minimum atomic E-state index is -4.13. The Hall–Kier alpha value is 0.415. The summed E-state index contributed by atoms with van der Waals surface area (Å²) in [5.74, 6) is 0. The molecule has 0 atom stereocenters. The number of rotatable bonds is 1. The van der Waals surface area contributed by atoms with Crippen molar-refractivity contribution in [1.29, 1.82) is 0 Å². The molecule has 1 N–H and O–H groups in total. The first-order chi connectivity index (χ1) is 6.59. The third kappa shape index (κ3) is 2.96. The van der Waals surface area contributed by atoms with E-state index in [1.807, 2.05) is 6.07 Å². The normalized spacial score (nSPS) is 11.0. The zero-order chi connectivity index (χ0) is 10.2. The minimum absolute atomic E-state index is 0. The van der Waals surface area contributed by atoms with Crippen LogP contribution in [0.3, 0.4) is 0 Å². The van der Waals surface area contributed by atoms with Gasteiger partial charge in [0.25, 0.3) is 10.1 Å². The molecule has 0 saturated carbocycles. The summed E-state index contributed by atoms with van der Waals surface area (Å²) in [5, 5.41) is 1.33. The van der Waals surface area contributed by atoms with Gasteiger partial charge in [-0.2, -0.15) is 8.42 Å². The Balaban J connectivity index is 0.00000112. The summed E-state index contributed by atoms with van der Waals surface area (Å²) in [7, 11) is -4.13. The van der Waals surface area contributed by atoms with Gasteiger partial charge in [0.2, 0.25) is 0 Å². The molecular weight excluding hydrogens is 286 g/mol. The van der Waals surface area contributed by atoms with Crippen molar-refractivity contribution in [2.45, 2.75) is 4.90 Å². The second kappa shape index (κ2) is 5.16. The molecule has 0 fully saturated rings. The van der Waals surface area contributed by atoms with Crippen molar-refractivity contribution in [3.63, 3.8) is 0 Å². The fourth-order valence-corrected chi connectivity index (χ4v) is 2.13. The average Bonchev–Trinajstić information content (AvgIpc) is 2.15. The Morgan fingerprint density at radius 1 is 0.933 bits per heavy atom. The molecule has 2 aromatic carbocycles. The summed E-state index contributed by atoms with van der Waals surface area (Å²) in [4.78, 5) is -0.0457. The molecule has 15 heavy (non-hydrogen) atoms. The molecule has 74 valence electrons. The van der Waals surface area contributed by atoms with Gasteiger partial charge < -0.3 is 0 Å². The van der Waals surface area contributed by atoms with Gasteiger partial charge in [0.1, 0.15) is 4.90 Å². The predicted molar refractivity (Wildman–Crippen MR) is 60.9 cm³/mol. The van der Waals surface area contributed by atoms with Crippen LogP contribution >= 0.6 is 0 Å². The Morgan fingerprint density at radius 2 is 1.53 bits per heavy atom. The number of hydrogen-bond donors (Lipinski definition) is 1. The fourth-order valence-electron chi connectivity index (χ4n) is 1.42. The van der Waals surface area contributed by atoms with E-state index in [1.165, 1.54) is 6.07 Å². The fraction of sp³-hybridized carbons (Fsp3) is 0. The number of benzene rings is 2. The topological polar surface area (TPSA) is 54.4 Å². The number of fused-ring (bicyclic) bond motifs is 1. The summed E-state index contributed by atoms with van der Waals surface area (Å²) < 4.78 is 31.0. The van der Waals surface area contributed by atoms with E-state index in [2.05, 4.69) is 0 Å². The molecule has 0 aliphatic carbocycles. The van der Waals surface area contributed by atoms with Crippen LogP contribution < -0.4 is 0 Å². The van der Waals surface area contributed by atoms with Crippen LogP contribution in [0.4, 0.5) is 0 Å². The summed E-state index contributed by atoms with van der Waals surface area (Å²) in [6.45, 7) is 0. The van der Waals surface area contributed by atoms with Crippen LogP contribution in [0.25, 0.3) is 10.8 Å². The van der Waals surface area contributed by atoms with E-state index in [4.69, 9.17) is 4.55 Å². The van der Waals surface area contributed by atoms with Crippen LogP contribution in [-0.2, 0) is 10.1 Å². The van der Waals surface area contributed by atoms with Crippen molar-refractivity contribution in [2.24, 2.45) is 0 Å². The van der Waals surface area contributed by atoms with Gasteiger partial charge in [-0.3, -0.25) is 4.55 Å². The molecule has 0 aromatic heterocycles. The Bertz CT molecular complexity index is 573. The van der Waals surface area contributed by atoms with E-state index in [0.717, 1.165) is 5.39 Å². The molecule has 2 rings (SSSR count). The molecule has 0 aliphatic rings. The molecule has 0 amide bonds. The van der Waals surface area contributed by atoms with Gasteiger partial charge in [-0.05, 0) is 11.5 Å². The quantitative estimate of drug-likeness (QED) is 0.810. The van der Waals surface area contributed by atoms with Crippen LogP contribution in [0.2, 0.25) is 0 Å². The molecule has 0 saturated heterocycles. The summed E-state index contributed by atoms with van der Waals surface area (Å²) in [5.41, 5.74) is 0. The third-order valence-corrected chi connectivity index (χ3v) is 2.94. The van der Waals surface area contributed by atoms with Gasteiger partial charge in [-0.1, -0.05) is 36.4 Å². The van der Waals surface area contributed by atoms with Crippen molar-refractivity contribution in [2.75, 3.05) is 0 Å². The van der Waals surface area contributed by atoms with Crippen LogP contribution in [-0.4, -0.2) is 71.2 Å². The van der Waals surface area contributed by atoms with E-state index in [1.54, 1.807) is 30.3 Å². The third-order valence-electron chi connectivity index (χ3n) is 2.03. The van der Waals surface area contributed by atoms with E-state index in [-0.39, 0.29) is 63.1 Å². The first kappa shape index (κ1) is 13.5. The second-order valence-electron chi connectivity index (χ2n) is 2.95. The van der Waals surface area contributed by atoms with Gasteiger partial charge in [0.15, 0.2) is 0 Å². The Kier molecular flexibility index (Phi) is 4.64. The van der Waals surface area contributed by atoms with Gasteiger partial charge >= 0.3 is 58.2 Å². The molecule has 5 heteroatoms. The first-order valence-corrected chi connectivity index (χ1v) is 5.48. The number of hydrogen-bond acceptors (Lipinski definition) is 2. The van der Waals surface area contributed by atoms with Crippen molar-refractivity contribution in [1.82, 2.24) is 0 Å². The molecule has 3 nitrogen and oxygen atoms in total. The maximum absolute atomic E-state index is 11.0. The molecular formula is C10H9O3RbS. The van der Waals surface area contributed by atoms with Crippen LogP contribution in [0, 0.1) is 0 Å². The van der Waals surface area contributed by atoms with Gasteiger partial charge in [-0.15, -0.1) is 0 Å². The molecule has 0 bridgehead atoms. The molecule has 0 spiro atoms. The monoisotopic (exact) mass is 294 g/mol. The summed E-state index contributed by atoms with van der Waals surface area (Å²) in [6, 6.07) is 11.8. The zero-order valence-corrected chi connectivity index (χ0v) is 8.03. The SMILES string of the molecule is O=S(=O)(O)c1cccc2ccccc12.[RbH]. The molecule has 0 radical (unpaired) electrons. The van der Waals surface area contributed by atoms with E-state index < -0.39 is 10.1 Å².